The van der Waals surface area contributed by atoms with E-state index in [1.54, 1.807) is 0 Å². The first-order valence-electron chi connectivity index (χ1n) is 12.7. The van der Waals surface area contributed by atoms with Gasteiger partial charge in [0.25, 0.3) is 0 Å². The lowest BCUT2D eigenvalue weighted by molar-refractivity contribution is 0.384. The molecule has 0 radical (unpaired) electrons. The summed E-state index contributed by atoms with van der Waals surface area (Å²) in [4.78, 5) is 0. The van der Waals surface area contributed by atoms with Gasteiger partial charge in [-0.3, -0.25) is 0 Å². The third-order valence-corrected chi connectivity index (χ3v) is 8.49. The van der Waals surface area contributed by atoms with Crippen LogP contribution in [0, 0.1) is 0 Å². The lowest BCUT2D eigenvalue weighted by Gasteiger charge is -2.28. The molecule has 2 rings (SSSR count). The van der Waals surface area contributed by atoms with Gasteiger partial charge in [-0.05, 0) is 30.7 Å². The highest BCUT2D eigenvalue weighted by atomic mass is 28.4. The van der Waals surface area contributed by atoms with E-state index >= 15 is 0 Å². The van der Waals surface area contributed by atoms with E-state index in [2.05, 4.69) is 13.5 Å². The fraction of sp³-hybridized carbons (Fsp3) is 0.571. The van der Waals surface area contributed by atoms with Crippen LogP contribution in [0.1, 0.15) is 90.4 Å². The van der Waals surface area contributed by atoms with Gasteiger partial charge < -0.3 is 8.85 Å². The molecule has 2 nitrogen and oxygen atoms in total. The third-order valence-electron chi connectivity index (χ3n) is 5.89. The van der Waals surface area contributed by atoms with Gasteiger partial charge in [-0.15, -0.1) is 0 Å². The zero-order valence-corrected chi connectivity index (χ0v) is 21.0. The second-order valence-electron chi connectivity index (χ2n) is 8.96. The van der Waals surface area contributed by atoms with Crippen LogP contribution >= 0.6 is 0 Å². The molecule has 0 aliphatic rings. The largest absolute Gasteiger partial charge is 0.512 e. The molecule has 0 bridgehead atoms. The molecule has 0 aromatic heterocycles. The van der Waals surface area contributed by atoms with Crippen LogP contribution in [-0.4, -0.2) is 8.56 Å². The summed E-state index contributed by atoms with van der Waals surface area (Å²) in [5.41, 5.74) is 0. The average Bonchev–Trinajstić information content (AvgIpc) is 2.78. The van der Waals surface area contributed by atoms with Crippen molar-refractivity contribution in [2.24, 2.45) is 0 Å². The Morgan fingerprint density at radius 2 is 0.871 bits per heavy atom. The normalized spacial score (nSPS) is 11.4. The number of para-hydroxylation sites is 2. The maximum Gasteiger partial charge on any atom is 0.457 e. The fourth-order valence-corrected chi connectivity index (χ4v) is 6.47. The van der Waals surface area contributed by atoms with Crippen molar-refractivity contribution >= 4 is 8.56 Å². The molecule has 2 aromatic rings. The van der Waals surface area contributed by atoms with Crippen molar-refractivity contribution in [1.82, 2.24) is 0 Å². The van der Waals surface area contributed by atoms with Crippen LogP contribution in [0.25, 0.3) is 0 Å². The van der Waals surface area contributed by atoms with Crippen molar-refractivity contribution in [3.8, 4) is 11.5 Å². The zero-order chi connectivity index (χ0) is 22.0. The highest BCUT2D eigenvalue weighted by Gasteiger charge is 2.35. The summed E-state index contributed by atoms with van der Waals surface area (Å²) in [5.74, 6) is 1.84. The van der Waals surface area contributed by atoms with Crippen LogP contribution < -0.4 is 8.85 Å². The van der Waals surface area contributed by atoms with Crippen LogP contribution in [0.15, 0.2) is 60.7 Å². The zero-order valence-electron chi connectivity index (χ0n) is 20.0. The first-order valence-corrected chi connectivity index (χ1v) is 15.2. The lowest BCUT2D eigenvalue weighted by Crippen LogP contribution is -2.45. The van der Waals surface area contributed by atoms with Gasteiger partial charge in [-0.25, -0.2) is 0 Å². The summed E-state index contributed by atoms with van der Waals surface area (Å²) >= 11 is 0. The Bertz CT molecular complexity index is 618. The number of hydrogen-bond donors (Lipinski definition) is 0. The molecule has 0 N–H and O–H groups in total. The topological polar surface area (TPSA) is 18.5 Å². The summed E-state index contributed by atoms with van der Waals surface area (Å²) in [6, 6.07) is 21.3. The van der Waals surface area contributed by atoms with E-state index in [0.717, 1.165) is 17.5 Å². The van der Waals surface area contributed by atoms with Crippen molar-refractivity contribution in [2.75, 3.05) is 0 Å². The van der Waals surface area contributed by atoms with E-state index in [-0.39, 0.29) is 0 Å². The van der Waals surface area contributed by atoms with E-state index in [1.807, 2.05) is 60.7 Å². The number of rotatable bonds is 18. The summed E-state index contributed by atoms with van der Waals surface area (Å²) in [6.45, 7) is 4.49. The van der Waals surface area contributed by atoms with Crippen LogP contribution in [0.4, 0.5) is 0 Å². The van der Waals surface area contributed by atoms with Gasteiger partial charge in [-0.2, -0.15) is 0 Å². The van der Waals surface area contributed by atoms with Crippen molar-refractivity contribution in [3.05, 3.63) is 60.7 Å². The summed E-state index contributed by atoms with van der Waals surface area (Å²) in [7, 11) is -2.33. The van der Waals surface area contributed by atoms with Crippen LogP contribution in [0.5, 0.6) is 11.5 Å². The molecule has 2 aromatic carbocycles. The molecule has 0 saturated heterocycles. The van der Waals surface area contributed by atoms with E-state index in [1.165, 1.54) is 83.5 Å². The second kappa shape index (κ2) is 16.0. The predicted octanol–water partition coefficient (Wildman–Crippen LogP) is 9.31. The molecular weight excluding hydrogens is 396 g/mol. The van der Waals surface area contributed by atoms with Gasteiger partial charge in [0, 0.05) is 12.6 Å². The lowest BCUT2D eigenvalue weighted by atomic mass is 10.1. The molecule has 0 spiro atoms. The molecule has 0 atom stereocenters. The highest BCUT2D eigenvalue weighted by Crippen LogP contribution is 2.25. The Balaban J connectivity index is 1.63. The molecule has 172 valence electrons. The minimum atomic E-state index is -2.33. The number of hydrogen-bond acceptors (Lipinski definition) is 2. The van der Waals surface area contributed by atoms with Gasteiger partial charge in [0.05, 0.1) is 0 Å². The van der Waals surface area contributed by atoms with E-state index in [0.29, 0.717) is 0 Å². The summed E-state index contributed by atoms with van der Waals surface area (Å²) < 4.78 is 12.9. The average molecular weight is 441 g/mol. The van der Waals surface area contributed by atoms with Crippen molar-refractivity contribution in [1.29, 1.82) is 0 Å². The smallest absolute Gasteiger partial charge is 0.457 e. The standard InChI is InChI=1S/C28H44O2Si/c1-3-4-5-6-7-8-9-10-11-12-13-14-21-26-31(2,29-27-22-17-15-18-23-27)30-28-24-19-16-20-25-28/h15-20,22-25H,3-14,21,26H2,1-2H3. The molecule has 0 amide bonds. The Morgan fingerprint density at radius 1 is 0.516 bits per heavy atom. The number of unbranched alkanes of at least 4 members (excludes halogenated alkanes) is 12. The van der Waals surface area contributed by atoms with E-state index in [9.17, 15) is 0 Å². The summed E-state index contributed by atoms with van der Waals surface area (Å²) in [6.07, 6.45) is 17.9. The van der Waals surface area contributed by atoms with Gasteiger partial charge in [0.15, 0.2) is 0 Å². The monoisotopic (exact) mass is 440 g/mol. The molecule has 0 aliphatic carbocycles. The Labute approximate surface area is 192 Å². The minimum absolute atomic E-state index is 0.919. The highest BCUT2D eigenvalue weighted by molar-refractivity contribution is 6.67. The molecule has 0 fully saturated rings. The van der Waals surface area contributed by atoms with Gasteiger partial charge >= 0.3 is 8.56 Å². The second-order valence-corrected chi connectivity index (χ2v) is 12.1. The van der Waals surface area contributed by atoms with Crippen molar-refractivity contribution in [2.45, 2.75) is 103 Å². The first kappa shape index (κ1) is 25.5. The Morgan fingerprint density at radius 3 is 1.26 bits per heavy atom. The Kier molecular flexibility index (Phi) is 13.1. The molecule has 0 aliphatic heterocycles. The molecule has 0 saturated carbocycles. The molecule has 0 heterocycles. The van der Waals surface area contributed by atoms with Crippen molar-refractivity contribution < 1.29 is 8.85 Å². The molecule has 3 heteroatoms. The van der Waals surface area contributed by atoms with Crippen LogP contribution in [0.2, 0.25) is 12.6 Å². The summed E-state index contributed by atoms with van der Waals surface area (Å²) in [5, 5.41) is 0. The van der Waals surface area contributed by atoms with Gasteiger partial charge in [0.2, 0.25) is 0 Å². The third kappa shape index (κ3) is 12.0. The van der Waals surface area contributed by atoms with Crippen molar-refractivity contribution in [3.63, 3.8) is 0 Å². The SMILES string of the molecule is CCCCCCCCCCCCCCC[Si](C)(Oc1ccccc1)Oc1ccccc1. The van der Waals surface area contributed by atoms with Crippen LogP contribution in [0.3, 0.4) is 0 Å². The molecular formula is C28H44O2Si. The first-order chi connectivity index (χ1) is 15.2. The quantitative estimate of drug-likeness (QED) is 0.170. The molecule has 0 unspecified atom stereocenters. The predicted molar refractivity (Wildman–Crippen MR) is 136 cm³/mol. The minimum Gasteiger partial charge on any atom is -0.512 e. The van der Waals surface area contributed by atoms with Gasteiger partial charge in [0.1, 0.15) is 11.5 Å². The Hall–Kier alpha value is -1.74. The van der Waals surface area contributed by atoms with E-state index in [4.69, 9.17) is 8.85 Å². The van der Waals surface area contributed by atoms with Gasteiger partial charge in [-0.1, -0.05) is 120 Å². The maximum atomic E-state index is 6.43. The maximum absolute atomic E-state index is 6.43. The van der Waals surface area contributed by atoms with E-state index < -0.39 is 8.56 Å². The van der Waals surface area contributed by atoms with Crippen LogP contribution in [-0.2, 0) is 0 Å². The number of benzene rings is 2. The molecule has 31 heavy (non-hydrogen) atoms. The fourth-order valence-electron chi connectivity index (χ4n) is 4.06.